The van der Waals surface area contributed by atoms with Gasteiger partial charge in [-0.05, 0) is 48.2 Å². The highest BCUT2D eigenvalue weighted by molar-refractivity contribution is 6.04. The summed E-state index contributed by atoms with van der Waals surface area (Å²) < 4.78 is 0. The summed E-state index contributed by atoms with van der Waals surface area (Å²) in [6.07, 6.45) is 0.103. The van der Waals surface area contributed by atoms with Crippen LogP contribution in [0.4, 0.5) is 27.5 Å². The minimum absolute atomic E-state index is 0.0782. The molecule has 0 spiro atoms. The number of amides is 4. The maximum absolute atomic E-state index is 13.5. The molecule has 0 aromatic heterocycles. The summed E-state index contributed by atoms with van der Waals surface area (Å²) in [7, 11) is 0. The van der Waals surface area contributed by atoms with Crippen molar-refractivity contribution < 1.29 is 29.2 Å². The minimum atomic E-state index is -1.07. The Hall–Kier alpha value is -5.46. The molecule has 0 radical (unpaired) electrons. The van der Waals surface area contributed by atoms with Crippen LogP contribution < -0.4 is 20.9 Å². The van der Waals surface area contributed by atoms with Crippen LogP contribution in [0.5, 0.6) is 0 Å². The Labute approximate surface area is 273 Å². The molecule has 1 aliphatic rings. The van der Waals surface area contributed by atoms with Crippen LogP contribution in [-0.2, 0) is 9.59 Å². The Morgan fingerprint density at radius 1 is 0.915 bits per heavy atom. The van der Waals surface area contributed by atoms with E-state index >= 15 is 0 Å². The lowest BCUT2D eigenvalue weighted by Crippen LogP contribution is -2.49. The number of carbonyl (C=O) groups is 4. The van der Waals surface area contributed by atoms with Crippen LogP contribution in [0.3, 0.4) is 0 Å². The summed E-state index contributed by atoms with van der Waals surface area (Å²) in [5.74, 6) is -1.52. The van der Waals surface area contributed by atoms with Gasteiger partial charge in [0.05, 0.1) is 28.8 Å². The van der Waals surface area contributed by atoms with E-state index < -0.39 is 28.9 Å². The molecule has 1 atom stereocenters. The summed E-state index contributed by atoms with van der Waals surface area (Å²) in [6.45, 7) is 9.92. The van der Waals surface area contributed by atoms with Gasteiger partial charge in [-0.15, -0.1) is 0 Å². The first-order valence-electron chi connectivity index (χ1n) is 15.3. The van der Waals surface area contributed by atoms with Crippen molar-refractivity contribution in [1.82, 2.24) is 10.2 Å². The topological polar surface area (TPSA) is 174 Å². The molecule has 0 bridgehead atoms. The van der Waals surface area contributed by atoms with Crippen LogP contribution in [0.25, 0.3) is 0 Å². The molecule has 13 heteroatoms. The number of piperazine rings is 1. The average Bonchev–Trinajstić information content (AvgIpc) is 3.00. The third-order valence-corrected chi connectivity index (χ3v) is 7.66. The normalized spacial score (nSPS) is 13.8. The Kier molecular flexibility index (Phi) is 10.8. The minimum Gasteiger partial charge on any atom is -0.481 e. The highest BCUT2D eigenvalue weighted by Crippen LogP contribution is 2.30. The van der Waals surface area contributed by atoms with Gasteiger partial charge in [-0.2, -0.15) is 0 Å². The van der Waals surface area contributed by atoms with E-state index in [1.807, 2.05) is 49.6 Å². The zero-order valence-corrected chi connectivity index (χ0v) is 26.9. The first-order valence-corrected chi connectivity index (χ1v) is 15.3. The fourth-order valence-corrected chi connectivity index (χ4v) is 5.23. The van der Waals surface area contributed by atoms with E-state index in [4.69, 9.17) is 0 Å². The van der Waals surface area contributed by atoms with Gasteiger partial charge in [0.15, 0.2) is 0 Å². The number of hydrogen-bond donors (Lipinski definition) is 4. The smallest absolute Gasteiger partial charge is 0.323 e. The van der Waals surface area contributed by atoms with Crippen molar-refractivity contribution in [3.05, 3.63) is 93.5 Å². The Balaban J connectivity index is 1.57. The lowest BCUT2D eigenvalue weighted by Gasteiger charge is -2.38. The quantitative estimate of drug-likeness (QED) is 0.163. The van der Waals surface area contributed by atoms with Crippen molar-refractivity contribution >= 4 is 46.6 Å². The van der Waals surface area contributed by atoms with Gasteiger partial charge in [-0.1, -0.05) is 50.6 Å². The molecule has 13 nitrogen and oxygen atoms in total. The number of rotatable bonds is 10. The number of carbonyl (C=O) groups excluding carboxylic acids is 3. The fraction of sp³-hybridized carbons (Fsp3) is 0.353. The largest absolute Gasteiger partial charge is 0.481 e. The highest BCUT2D eigenvalue weighted by Gasteiger charge is 2.27. The van der Waals surface area contributed by atoms with Gasteiger partial charge in [0.2, 0.25) is 5.91 Å². The van der Waals surface area contributed by atoms with E-state index in [1.54, 1.807) is 24.3 Å². The van der Waals surface area contributed by atoms with Crippen LogP contribution in [0.1, 0.15) is 61.1 Å². The first-order chi connectivity index (χ1) is 22.2. The zero-order chi connectivity index (χ0) is 34.3. The molecule has 3 aromatic carbocycles. The Bertz CT molecular complexity index is 1630. The second-order valence-corrected chi connectivity index (χ2v) is 12.8. The molecule has 1 aliphatic heterocycles. The van der Waals surface area contributed by atoms with E-state index in [0.29, 0.717) is 55.2 Å². The standard InChI is InChI=1S/C34H40N6O7/c1-22-5-7-23(8-6-22)27(20-31(42)43)36-32(44)24-9-14-29(38-15-17-39(18-16-38)30(41)21-34(2,3)4)28(19-24)37-33(45)35-25-10-12-26(13-11-25)40(46)47/h5-14,19,27H,15-18,20-21H2,1-4H3,(H,36,44)(H,42,43)(H2,35,37,45). The maximum Gasteiger partial charge on any atom is 0.323 e. The van der Waals surface area contributed by atoms with Crippen LogP contribution in [0.2, 0.25) is 0 Å². The van der Waals surface area contributed by atoms with Crippen LogP contribution in [-0.4, -0.2) is 64.9 Å². The summed E-state index contributed by atoms with van der Waals surface area (Å²) in [6, 6.07) is 16.0. The molecular weight excluding hydrogens is 604 g/mol. The van der Waals surface area contributed by atoms with E-state index in [-0.39, 0.29) is 29.0 Å². The monoisotopic (exact) mass is 644 g/mol. The number of hydrogen-bond acceptors (Lipinski definition) is 7. The van der Waals surface area contributed by atoms with Crippen molar-refractivity contribution in [2.24, 2.45) is 5.41 Å². The average molecular weight is 645 g/mol. The number of aliphatic carboxylic acids is 1. The third-order valence-electron chi connectivity index (χ3n) is 7.66. The fourth-order valence-electron chi connectivity index (χ4n) is 5.23. The lowest BCUT2D eigenvalue weighted by atomic mass is 9.91. The number of carboxylic acid groups (broad SMARTS) is 1. The maximum atomic E-state index is 13.5. The van der Waals surface area contributed by atoms with Crippen molar-refractivity contribution in [1.29, 1.82) is 0 Å². The SMILES string of the molecule is Cc1ccc(C(CC(=O)O)NC(=O)c2ccc(N3CCN(C(=O)CC(C)(C)C)CC3)c(NC(=O)Nc3ccc([N+](=O)[O-])cc3)c2)cc1. The molecule has 1 saturated heterocycles. The first kappa shape index (κ1) is 34.4. The molecule has 4 N–H and O–H groups in total. The number of nitro benzene ring substituents is 1. The number of urea groups is 1. The number of non-ortho nitro benzene ring substituents is 1. The van der Waals surface area contributed by atoms with Crippen molar-refractivity contribution in [2.45, 2.75) is 46.6 Å². The van der Waals surface area contributed by atoms with Gasteiger partial charge < -0.3 is 30.9 Å². The molecule has 0 aliphatic carbocycles. The number of benzene rings is 3. The number of nitrogens with one attached hydrogen (secondary N) is 3. The Morgan fingerprint density at radius 3 is 2.13 bits per heavy atom. The molecule has 4 amide bonds. The number of carboxylic acids is 1. The number of nitro groups is 1. The number of aryl methyl sites for hydroxylation is 1. The van der Waals surface area contributed by atoms with E-state index in [0.717, 1.165) is 5.56 Å². The summed E-state index contributed by atoms with van der Waals surface area (Å²) in [5, 5.41) is 28.8. The molecule has 1 fully saturated rings. The molecule has 1 heterocycles. The summed E-state index contributed by atoms with van der Waals surface area (Å²) in [4.78, 5) is 65.3. The second-order valence-electron chi connectivity index (χ2n) is 12.8. The molecule has 1 unspecified atom stereocenters. The summed E-state index contributed by atoms with van der Waals surface area (Å²) in [5.41, 5.74) is 2.84. The van der Waals surface area contributed by atoms with Crippen LogP contribution >= 0.6 is 0 Å². The second kappa shape index (κ2) is 14.8. The van der Waals surface area contributed by atoms with E-state index in [9.17, 15) is 34.4 Å². The van der Waals surface area contributed by atoms with Crippen LogP contribution in [0.15, 0.2) is 66.7 Å². The number of nitrogens with zero attached hydrogens (tertiary/aromatic N) is 3. The molecule has 4 rings (SSSR count). The van der Waals surface area contributed by atoms with Crippen molar-refractivity contribution in [2.75, 3.05) is 41.7 Å². The number of anilines is 3. The lowest BCUT2D eigenvalue weighted by molar-refractivity contribution is -0.384. The van der Waals surface area contributed by atoms with Gasteiger partial charge in [0.1, 0.15) is 0 Å². The van der Waals surface area contributed by atoms with Gasteiger partial charge in [-0.3, -0.25) is 24.5 Å². The van der Waals surface area contributed by atoms with E-state index in [1.165, 1.54) is 30.3 Å². The van der Waals surface area contributed by atoms with Crippen LogP contribution in [0, 0.1) is 22.5 Å². The third kappa shape index (κ3) is 9.76. The molecule has 248 valence electrons. The van der Waals surface area contributed by atoms with Gasteiger partial charge in [0, 0.05) is 56.0 Å². The predicted octanol–water partition coefficient (Wildman–Crippen LogP) is 5.58. The Morgan fingerprint density at radius 2 is 1.55 bits per heavy atom. The molecule has 3 aromatic rings. The van der Waals surface area contributed by atoms with Crippen molar-refractivity contribution in [3.8, 4) is 0 Å². The highest BCUT2D eigenvalue weighted by atomic mass is 16.6. The molecule has 0 saturated carbocycles. The van der Waals surface area contributed by atoms with Gasteiger partial charge in [0.25, 0.3) is 11.6 Å². The predicted molar refractivity (Wildman–Crippen MR) is 179 cm³/mol. The van der Waals surface area contributed by atoms with Gasteiger partial charge >= 0.3 is 12.0 Å². The molecular formula is C34H40N6O7. The van der Waals surface area contributed by atoms with Crippen molar-refractivity contribution in [3.63, 3.8) is 0 Å². The van der Waals surface area contributed by atoms with E-state index in [2.05, 4.69) is 16.0 Å². The summed E-state index contributed by atoms with van der Waals surface area (Å²) >= 11 is 0. The van der Waals surface area contributed by atoms with Gasteiger partial charge in [-0.25, -0.2) is 4.79 Å². The zero-order valence-electron chi connectivity index (χ0n) is 26.9. The molecule has 47 heavy (non-hydrogen) atoms.